The average Bonchev–Trinajstić information content (AvgIpc) is 3.49. The minimum atomic E-state index is 0.666. The van der Waals surface area contributed by atoms with Crippen molar-refractivity contribution in [1.29, 1.82) is 0 Å². The molecule has 3 heterocycles. The van der Waals surface area contributed by atoms with Crippen LogP contribution in [0.15, 0.2) is 70.2 Å². The van der Waals surface area contributed by atoms with Crippen LogP contribution in [0, 0.1) is 0 Å². The summed E-state index contributed by atoms with van der Waals surface area (Å²) >= 11 is 3.30. The summed E-state index contributed by atoms with van der Waals surface area (Å²) in [6.45, 7) is 4.57. The Morgan fingerprint density at radius 2 is 2.03 bits per heavy atom. The zero-order chi connectivity index (χ0) is 19.9. The highest BCUT2D eigenvalue weighted by molar-refractivity contribution is 7.99. The molecule has 0 atom stereocenters. The van der Waals surface area contributed by atoms with Crippen LogP contribution in [0.25, 0.3) is 10.7 Å². The van der Waals surface area contributed by atoms with Crippen LogP contribution in [-0.2, 0) is 19.4 Å². The molecule has 0 unspecified atom stereocenters. The van der Waals surface area contributed by atoms with Gasteiger partial charge in [-0.3, -0.25) is 0 Å². The van der Waals surface area contributed by atoms with Gasteiger partial charge in [0.25, 0.3) is 0 Å². The molecule has 0 aliphatic carbocycles. The van der Waals surface area contributed by atoms with Gasteiger partial charge in [-0.05, 0) is 23.4 Å². The number of allylic oxidation sites excluding steroid dienone is 1. The molecule has 0 N–H and O–H groups in total. The van der Waals surface area contributed by atoms with Crippen LogP contribution in [0.1, 0.15) is 23.7 Å². The van der Waals surface area contributed by atoms with Gasteiger partial charge in [0.1, 0.15) is 5.82 Å². The Morgan fingerprint density at radius 3 is 2.83 bits per heavy atom. The van der Waals surface area contributed by atoms with Crippen LogP contribution in [-0.4, -0.2) is 30.7 Å². The van der Waals surface area contributed by atoms with E-state index in [0.29, 0.717) is 18.3 Å². The van der Waals surface area contributed by atoms with Crippen molar-refractivity contribution in [3.63, 3.8) is 0 Å². The monoisotopic (exact) mass is 423 g/mol. The Hall–Kier alpha value is -2.71. The van der Waals surface area contributed by atoms with Crippen molar-refractivity contribution >= 4 is 23.1 Å². The first-order valence-corrected chi connectivity index (χ1v) is 11.3. The SMILES string of the molecule is C=CCn1c(Cc2ccccc2)nnc1SCCCc1nc(-c2cccs2)no1. The molecule has 4 aromatic rings. The van der Waals surface area contributed by atoms with E-state index in [1.165, 1.54) is 5.56 Å². The van der Waals surface area contributed by atoms with Crippen LogP contribution in [0.4, 0.5) is 0 Å². The zero-order valence-electron chi connectivity index (χ0n) is 15.9. The predicted octanol–water partition coefficient (Wildman–Crippen LogP) is 4.89. The molecule has 1 aromatic carbocycles. The number of thioether (sulfide) groups is 1. The topological polar surface area (TPSA) is 69.6 Å². The Labute approximate surface area is 177 Å². The minimum Gasteiger partial charge on any atom is -0.339 e. The van der Waals surface area contributed by atoms with Crippen molar-refractivity contribution in [3.05, 3.63) is 77.8 Å². The van der Waals surface area contributed by atoms with Crippen molar-refractivity contribution in [2.24, 2.45) is 0 Å². The highest BCUT2D eigenvalue weighted by Crippen LogP contribution is 2.23. The van der Waals surface area contributed by atoms with Gasteiger partial charge in [0.2, 0.25) is 11.7 Å². The average molecular weight is 424 g/mol. The van der Waals surface area contributed by atoms with Gasteiger partial charge in [-0.1, -0.05) is 59.4 Å². The molecule has 29 heavy (non-hydrogen) atoms. The highest BCUT2D eigenvalue weighted by atomic mass is 32.2. The third-order valence-corrected chi connectivity index (χ3v) is 6.20. The first kappa shape index (κ1) is 19.6. The second kappa shape index (κ2) is 9.67. The molecule has 0 saturated heterocycles. The molecule has 3 aromatic heterocycles. The zero-order valence-corrected chi connectivity index (χ0v) is 17.5. The third-order valence-electron chi connectivity index (χ3n) is 4.29. The summed E-state index contributed by atoms with van der Waals surface area (Å²) in [4.78, 5) is 5.50. The molecule has 0 saturated carbocycles. The molecular weight excluding hydrogens is 402 g/mol. The molecule has 148 valence electrons. The molecule has 6 nitrogen and oxygen atoms in total. The normalized spacial score (nSPS) is 11.0. The van der Waals surface area contributed by atoms with E-state index >= 15 is 0 Å². The standard InChI is InChI=1S/C21H21N5OS2/c1-2-12-26-18(15-16-8-4-3-5-9-16)23-24-21(26)29-14-7-11-19-22-20(25-27-19)17-10-6-13-28-17/h2-6,8-10,13H,1,7,11-12,14-15H2. The van der Waals surface area contributed by atoms with Gasteiger partial charge in [0.15, 0.2) is 5.16 Å². The van der Waals surface area contributed by atoms with Crippen LogP contribution >= 0.6 is 23.1 Å². The van der Waals surface area contributed by atoms with Crippen LogP contribution in [0.5, 0.6) is 0 Å². The predicted molar refractivity (Wildman–Crippen MR) is 116 cm³/mol. The fourth-order valence-corrected chi connectivity index (χ4v) is 4.45. The number of aromatic nitrogens is 5. The molecule has 4 rings (SSSR count). The fraction of sp³-hybridized carbons (Fsp3) is 0.238. The molecule has 0 aliphatic heterocycles. The lowest BCUT2D eigenvalue weighted by molar-refractivity contribution is 0.378. The maximum Gasteiger partial charge on any atom is 0.227 e. The van der Waals surface area contributed by atoms with Gasteiger partial charge in [0.05, 0.1) is 4.88 Å². The van der Waals surface area contributed by atoms with E-state index in [4.69, 9.17) is 4.52 Å². The van der Waals surface area contributed by atoms with E-state index in [9.17, 15) is 0 Å². The summed E-state index contributed by atoms with van der Waals surface area (Å²) in [5, 5.41) is 15.8. The van der Waals surface area contributed by atoms with E-state index in [0.717, 1.165) is 40.9 Å². The van der Waals surface area contributed by atoms with Gasteiger partial charge in [-0.15, -0.1) is 28.1 Å². The van der Waals surface area contributed by atoms with Crippen molar-refractivity contribution in [3.8, 4) is 10.7 Å². The number of benzene rings is 1. The van der Waals surface area contributed by atoms with Crippen LogP contribution in [0.3, 0.4) is 0 Å². The van der Waals surface area contributed by atoms with Crippen LogP contribution in [0.2, 0.25) is 0 Å². The van der Waals surface area contributed by atoms with Crippen molar-refractivity contribution in [1.82, 2.24) is 24.9 Å². The maximum absolute atomic E-state index is 5.36. The molecule has 0 bridgehead atoms. The van der Waals surface area contributed by atoms with Crippen molar-refractivity contribution < 1.29 is 4.52 Å². The first-order valence-electron chi connectivity index (χ1n) is 9.39. The summed E-state index contributed by atoms with van der Waals surface area (Å²) in [5.41, 5.74) is 1.22. The fourth-order valence-electron chi connectivity index (χ4n) is 2.90. The third kappa shape index (κ3) is 5.02. The molecule has 0 fully saturated rings. The molecule has 0 amide bonds. The van der Waals surface area contributed by atoms with Gasteiger partial charge in [-0.25, -0.2) is 0 Å². The van der Waals surface area contributed by atoms with Gasteiger partial charge in [0, 0.05) is 25.1 Å². The lowest BCUT2D eigenvalue weighted by Gasteiger charge is -2.07. The molecule has 0 radical (unpaired) electrons. The van der Waals surface area contributed by atoms with Gasteiger partial charge < -0.3 is 9.09 Å². The summed E-state index contributed by atoms with van der Waals surface area (Å²) < 4.78 is 7.49. The number of rotatable bonds is 10. The Bertz CT molecular complexity index is 1040. The number of hydrogen-bond donors (Lipinski definition) is 0. The number of hydrogen-bond acceptors (Lipinski definition) is 7. The minimum absolute atomic E-state index is 0.666. The van der Waals surface area contributed by atoms with Gasteiger partial charge in [-0.2, -0.15) is 4.98 Å². The largest absolute Gasteiger partial charge is 0.339 e. The van der Waals surface area contributed by atoms with Crippen LogP contribution < -0.4 is 0 Å². The number of aryl methyl sites for hydroxylation is 1. The number of thiophene rings is 1. The smallest absolute Gasteiger partial charge is 0.227 e. The Morgan fingerprint density at radius 1 is 1.14 bits per heavy atom. The number of nitrogens with zero attached hydrogens (tertiary/aromatic N) is 5. The van der Waals surface area contributed by atoms with E-state index < -0.39 is 0 Å². The second-order valence-corrected chi connectivity index (χ2v) is 8.41. The molecular formula is C21H21N5OS2. The van der Waals surface area contributed by atoms with E-state index in [1.54, 1.807) is 23.1 Å². The van der Waals surface area contributed by atoms with E-state index in [-0.39, 0.29) is 0 Å². The summed E-state index contributed by atoms with van der Waals surface area (Å²) in [6, 6.07) is 14.3. The quantitative estimate of drug-likeness (QED) is 0.205. The molecule has 0 aliphatic rings. The molecule has 0 spiro atoms. The maximum atomic E-state index is 5.36. The van der Waals surface area contributed by atoms with E-state index in [1.807, 2.05) is 41.8 Å². The lowest BCUT2D eigenvalue weighted by atomic mass is 10.1. The second-order valence-electron chi connectivity index (χ2n) is 6.40. The summed E-state index contributed by atoms with van der Waals surface area (Å²) in [5.74, 6) is 3.19. The summed E-state index contributed by atoms with van der Waals surface area (Å²) in [7, 11) is 0. The molecule has 8 heteroatoms. The van der Waals surface area contributed by atoms with E-state index in [2.05, 4.69) is 43.6 Å². The lowest BCUT2D eigenvalue weighted by Crippen LogP contribution is -2.05. The van der Waals surface area contributed by atoms with Gasteiger partial charge >= 0.3 is 0 Å². The van der Waals surface area contributed by atoms with Crippen molar-refractivity contribution in [2.75, 3.05) is 5.75 Å². The Balaban J connectivity index is 1.33. The van der Waals surface area contributed by atoms with Crippen molar-refractivity contribution in [2.45, 2.75) is 31.0 Å². The first-order chi connectivity index (χ1) is 14.3. The Kier molecular flexibility index (Phi) is 6.53. The summed E-state index contributed by atoms with van der Waals surface area (Å²) in [6.07, 6.45) is 4.31. The highest BCUT2D eigenvalue weighted by Gasteiger charge is 2.13.